The first-order chi connectivity index (χ1) is 13.3. The molecule has 5 nitrogen and oxygen atoms in total. The van der Waals surface area contributed by atoms with Crippen LogP contribution in [0.2, 0.25) is 5.02 Å². The SMILES string of the molecule is CCc1ccc(S(=O)(=O)Nc2ccc(Cl)cc2C(=O)c2ccnc(C)c2)cc1. The van der Waals surface area contributed by atoms with Crippen LogP contribution in [0.5, 0.6) is 0 Å². The van der Waals surface area contributed by atoms with Gasteiger partial charge in [-0.15, -0.1) is 0 Å². The smallest absolute Gasteiger partial charge is 0.261 e. The van der Waals surface area contributed by atoms with E-state index in [0.717, 1.165) is 12.0 Å². The van der Waals surface area contributed by atoms with Crippen molar-refractivity contribution in [2.24, 2.45) is 0 Å². The van der Waals surface area contributed by atoms with Crippen LogP contribution in [0.15, 0.2) is 65.7 Å². The number of aryl methyl sites for hydroxylation is 2. The number of sulfonamides is 1. The van der Waals surface area contributed by atoms with Crippen LogP contribution in [-0.4, -0.2) is 19.2 Å². The van der Waals surface area contributed by atoms with Crippen LogP contribution in [0.1, 0.15) is 34.1 Å². The van der Waals surface area contributed by atoms with Gasteiger partial charge in [-0.1, -0.05) is 30.7 Å². The van der Waals surface area contributed by atoms with E-state index in [1.807, 2.05) is 6.92 Å². The standard InChI is InChI=1S/C21H19ClN2O3S/c1-3-15-4-7-18(8-5-15)28(26,27)24-20-9-6-17(22)13-19(20)21(25)16-10-11-23-14(2)12-16/h4-13,24H,3H2,1-2H3. The molecule has 0 saturated heterocycles. The minimum absolute atomic E-state index is 0.123. The van der Waals surface area contributed by atoms with Crippen molar-refractivity contribution in [1.29, 1.82) is 0 Å². The maximum Gasteiger partial charge on any atom is 0.261 e. The summed E-state index contributed by atoms with van der Waals surface area (Å²) < 4.78 is 28.1. The number of anilines is 1. The molecule has 0 atom stereocenters. The van der Waals surface area contributed by atoms with Gasteiger partial charge in [0.25, 0.3) is 10.0 Å². The zero-order valence-electron chi connectivity index (χ0n) is 15.4. The first kappa shape index (κ1) is 20.0. The van der Waals surface area contributed by atoms with Gasteiger partial charge < -0.3 is 0 Å². The van der Waals surface area contributed by atoms with Crippen LogP contribution in [0.25, 0.3) is 0 Å². The Balaban J connectivity index is 1.99. The molecule has 0 spiro atoms. The molecule has 0 aliphatic carbocycles. The van der Waals surface area contributed by atoms with Gasteiger partial charge in [0.05, 0.1) is 10.6 Å². The van der Waals surface area contributed by atoms with E-state index in [9.17, 15) is 13.2 Å². The molecule has 0 aliphatic rings. The summed E-state index contributed by atoms with van der Waals surface area (Å²) in [6.45, 7) is 3.77. The number of pyridine rings is 1. The van der Waals surface area contributed by atoms with Gasteiger partial charge in [0, 0.05) is 28.0 Å². The van der Waals surface area contributed by atoms with Gasteiger partial charge in [-0.05, 0) is 61.4 Å². The van der Waals surface area contributed by atoms with E-state index in [4.69, 9.17) is 11.6 Å². The van der Waals surface area contributed by atoms with Crippen LogP contribution in [0.3, 0.4) is 0 Å². The number of halogens is 1. The van der Waals surface area contributed by atoms with Crippen molar-refractivity contribution in [3.05, 3.63) is 88.2 Å². The minimum Gasteiger partial charge on any atom is -0.289 e. The van der Waals surface area contributed by atoms with E-state index in [0.29, 0.717) is 16.3 Å². The largest absolute Gasteiger partial charge is 0.289 e. The van der Waals surface area contributed by atoms with Crippen LogP contribution in [-0.2, 0) is 16.4 Å². The lowest BCUT2D eigenvalue weighted by atomic mass is 10.0. The zero-order valence-corrected chi connectivity index (χ0v) is 17.0. The molecule has 1 N–H and O–H groups in total. The summed E-state index contributed by atoms with van der Waals surface area (Å²) in [6.07, 6.45) is 2.35. The molecule has 0 fully saturated rings. The van der Waals surface area contributed by atoms with Crippen molar-refractivity contribution >= 4 is 33.1 Å². The molecular formula is C21H19ClN2O3S. The topological polar surface area (TPSA) is 76.1 Å². The number of benzene rings is 2. The Kier molecular flexibility index (Phi) is 5.82. The third kappa shape index (κ3) is 4.40. The van der Waals surface area contributed by atoms with Crippen molar-refractivity contribution in [2.45, 2.75) is 25.2 Å². The number of carbonyl (C=O) groups is 1. The number of carbonyl (C=O) groups excluding carboxylic acids is 1. The average Bonchev–Trinajstić information content (AvgIpc) is 2.68. The van der Waals surface area contributed by atoms with Crippen molar-refractivity contribution < 1.29 is 13.2 Å². The lowest BCUT2D eigenvalue weighted by molar-refractivity contribution is 0.103. The lowest BCUT2D eigenvalue weighted by Gasteiger charge is -2.13. The molecule has 0 unspecified atom stereocenters. The van der Waals surface area contributed by atoms with Crippen molar-refractivity contribution in [1.82, 2.24) is 4.98 Å². The van der Waals surface area contributed by atoms with Gasteiger partial charge in [-0.2, -0.15) is 0 Å². The highest BCUT2D eigenvalue weighted by atomic mass is 35.5. The Hall–Kier alpha value is -2.70. The van der Waals surface area contributed by atoms with Crippen LogP contribution >= 0.6 is 11.6 Å². The molecule has 0 saturated carbocycles. The summed E-state index contributed by atoms with van der Waals surface area (Å²) in [5.74, 6) is -0.341. The maximum atomic E-state index is 13.0. The van der Waals surface area contributed by atoms with E-state index in [2.05, 4.69) is 9.71 Å². The van der Waals surface area contributed by atoms with Gasteiger partial charge in [0.1, 0.15) is 0 Å². The average molecular weight is 415 g/mol. The van der Waals surface area contributed by atoms with E-state index < -0.39 is 10.0 Å². The highest BCUT2D eigenvalue weighted by Gasteiger charge is 2.20. The molecule has 28 heavy (non-hydrogen) atoms. The number of aromatic nitrogens is 1. The molecule has 2 aromatic carbocycles. The van der Waals surface area contributed by atoms with Gasteiger partial charge in [-0.25, -0.2) is 8.42 Å². The second kappa shape index (κ2) is 8.12. The summed E-state index contributed by atoms with van der Waals surface area (Å²) in [7, 11) is -3.86. The fourth-order valence-corrected chi connectivity index (χ4v) is 4.00. The molecule has 7 heteroatoms. The van der Waals surface area contributed by atoms with Crippen LogP contribution < -0.4 is 4.72 Å². The minimum atomic E-state index is -3.86. The second-order valence-electron chi connectivity index (χ2n) is 6.31. The van der Waals surface area contributed by atoms with Gasteiger partial charge >= 0.3 is 0 Å². The lowest BCUT2D eigenvalue weighted by Crippen LogP contribution is -2.16. The Morgan fingerprint density at radius 3 is 2.43 bits per heavy atom. The van der Waals surface area contributed by atoms with Crippen molar-refractivity contribution in [3.8, 4) is 0 Å². The number of nitrogens with one attached hydrogen (secondary N) is 1. The molecule has 3 aromatic rings. The normalized spacial score (nSPS) is 11.2. The fraction of sp³-hybridized carbons (Fsp3) is 0.143. The number of ketones is 1. The Morgan fingerprint density at radius 1 is 1.07 bits per heavy atom. The van der Waals surface area contributed by atoms with Crippen molar-refractivity contribution in [3.63, 3.8) is 0 Å². The Morgan fingerprint density at radius 2 is 1.79 bits per heavy atom. The number of hydrogen-bond acceptors (Lipinski definition) is 4. The van der Waals surface area contributed by atoms with E-state index in [-0.39, 0.29) is 21.9 Å². The van der Waals surface area contributed by atoms with Crippen molar-refractivity contribution in [2.75, 3.05) is 4.72 Å². The molecule has 0 amide bonds. The Labute approximate surface area is 169 Å². The van der Waals surface area contributed by atoms with E-state index in [1.54, 1.807) is 43.3 Å². The first-order valence-corrected chi connectivity index (χ1v) is 10.5. The van der Waals surface area contributed by atoms with Gasteiger partial charge in [0.2, 0.25) is 0 Å². The molecular weight excluding hydrogens is 396 g/mol. The van der Waals surface area contributed by atoms with Crippen LogP contribution in [0, 0.1) is 6.92 Å². The summed E-state index contributed by atoms with van der Waals surface area (Å²) in [4.78, 5) is 17.2. The van der Waals surface area contributed by atoms with E-state index >= 15 is 0 Å². The molecule has 1 aromatic heterocycles. The molecule has 1 heterocycles. The molecule has 0 radical (unpaired) electrons. The molecule has 0 bridgehead atoms. The monoisotopic (exact) mass is 414 g/mol. The second-order valence-corrected chi connectivity index (χ2v) is 8.43. The number of hydrogen-bond donors (Lipinski definition) is 1. The zero-order chi connectivity index (χ0) is 20.3. The summed E-state index contributed by atoms with van der Waals surface area (Å²) in [6, 6.07) is 14.3. The number of rotatable bonds is 6. The highest BCUT2D eigenvalue weighted by Crippen LogP contribution is 2.26. The Bertz CT molecular complexity index is 1130. The molecule has 3 rings (SSSR count). The quantitative estimate of drug-likeness (QED) is 0.596. The summed E-state index contributed by atoms with van der Waals surface area (Å²) >= 11 is 6.06. The predicted molar refractivity (Wildman–Crippen MR) is 110 cm³/mol. The van der Waals surface area contributed by atoms with E-state index in [1.165, 1.54) is 24.4 Å². The summed E-state index contributed by atoms with van der Waals surface area (Å²) in [5, 5.41) is 0.337. The van der Waals surface area contributed by atoms with Gasteiger partial charge in [-0.3, -0.25) is 14.5 Å². The van der Waals surface area contributed by atoms with Crippen LogP contribution in [0.4, 0.5) is 5.69 Å². The first-order valence-electron chi connectivity index (χ1n) is 8.69. The highest BCUT2D eigenvalue weighted by molar-refractivity contribution is 7.92. The fourth-order valence-electron chi connectivity index (χ4n) is 2.74. The molecule has 144 valence electrons. The third-order valence-electron chi connectivity index (χ3n) is 4.27. The third-order valence-corrected chi connectivity index (χ3v) is 5.89. The number of nitrogens with zero attached hydrogens (tertiary/aromatic N) is 1. The summed E-state index contributed by atoms with van der Waals surface area (Å²) in [5.41, 5.74) is 2.47. The molecule has 0 aliphatic heterocycles. The predicted octanol–water partition coefficient (Wildman–Crippen LogP) is 4.64. The van der Waals surface area contributed by atoms with Gasteiger partial charge in [0.15, 0.2) is 5.78 Å². The maximum absolute atomic E-state index is 13.0.